The molecular weight excluding hydrogens is 266 g/mol. The number of methoxy groups -OCH3 is 1. The highest BCUT2D eigenvalue weighted by molar-refractivity contribution is 5.58. The lowest BCUT2D eigenvalue weighted by molar-refractivity contribution is 0.370. The Labute approximate surface area is 123 Å². The molecule has 2 heterocycles. The summed E-state index contributed by atoms with van der Waals surface area (Å²) in [5.41, 5.74) is 2.59. The van der Waals surface area contributed by atoms with Crippen LogP contribution in [0.3, 0.4) is 0 Å². The minimum atomic E-state index is 0.542. The molecule has 1 aromatic heterocycles. The summed E-state index contributed by atoms with van der Waals surface area (Å²) in [6.45, 7) is 1.72. The van der Waals surface area contributed by atoms with Crippen LogP contribution >= 0.6 is 0 Å². The van der Waals surface area contributed by atoms with Gasteiger partial charge in [0, 0.05) is 18.2 Å². The molecule has 0 atom stereocenters. The van der Waals surface area contributed by atoms with Gasteiger partial charge in [-0.2, -0.15) is 4.98 Å². The summed E-state index contributed by atoms with van der Waals surface area (Å²) in [5.74, 6) is 3.07. The molecule has 4 rings (SSSR count). The second-order valence-corrected chi connectivity index (χ2v) is 5.84. The first-order valence-corrected chi connectivity index (χ1v) is 7.58. The fourth-order valence-corrected chi connectivity index (χ4v) is 2.95. The normalized spacial score (nSPS) is 17.7. The Balaban J connectivity index is 1.55. The number of hydrogen-bond acceptors (Lipinski definition) is 5. The van der Waals surface area contributed by atoms with Crippen molar-refractivity contribution in [1.29, 1.82) is 0 Å². The molecule has 1 aliphatic carbocycles. The minimum absolute atomic E-state index is 0.542. The van der Waals surface area contributed by atoms with Gasteiger partial charge in [0.05, 0.1) is 13.7 Å². The van der Waals surface area contributed by atoms with Crippen molar-refractivity contribution in [3.05, 3.63) is 35.5 Å². The smallest absolute Gasteiger partial charge is 0.246 e. The topological polar surface area (TPSA) is 51.4 Å². The third-order valence-corrected chi connectivity index (χ3v) is 4.25. The molecule has 0 N–H and O–H groups in total. The Bertz CT molecular complexity index is 649. The molecule has 110 valence electrons. The zero-order valence-electron chi connectivity index (χ0n) is 12.2. The Kier molecular flexibility index (Phi) is 3.05. The third-order valence-electron chi connectivity index (χ3n) is 4.25. The van der Waals surface area contributed by atoms with Crippen molar-refractivity contribution >= 4 is 5.69 Å². The van der Waals surface area contributed by atoms with Crippen LogP contribution in [0.15, 0.2) is 22.7 Å². The zero-order chi connectivity index (χ0) is 14.2. The van der Waals surface area contributed by atoms with Crippen molar-refractivity contribution in [1.82, 2.24) is 10.1 Å². The molecule has 1 aromatic carbocycles. The Morgan fingerprint density at radius 2 is 2.29 bits per heavy atom. The third kappa shape index (κ3) is 2.48. The molecule has 0 amide bonds. The summed E-state index contributed by atoms with van der Waals surface area (Å²) >= 11 is 0. The molecule has 5 heteroatoms. The van der Waals surface area contributed by atoms with Crippen LogP contribution in [0, 0.1) is 0 Å². The van der Waals surface area contributed by atoms with Gasteiger partial charge in [-0.3, -0.25) is 0 Å². The summed E-state index contributed by atoms with van der Waals surface area (Å²) in [4.78, 5) is 6.85. The van der Waals surface area contributed by atoms with Crippen LogP contribution in [0.4, 0.5) is 5.69 Å². The quantitative estimate of drug-likeness (QED) is 0.864. The van der Waals surface area contributed by atoms with E-state index in [1.807, 2.05) is 6.07 Å². The van der Waals surface area contributed by atoms with Gasteiger partial charge in [0.25, 0.3) is 0 Å². The maximum atomic E-state index is 5.40. The van der Waals surface area contributed by atoms with Crippen LogP contribution in [0.5, 0.6) is 5.75 Å². The van der Waals surface area contributed by atoms with E-state index < -0.39 is 0 Å². The van der Waals surface area contributed by atoms with E-state index in [2.05, 4.69) is 27.2 Å². The number of anilines is 1. The van der Waals surface area contributed by atoms with Crippen molar-refractivity contribution in [3.8, 4) is 5.75 Å². The van der Waals surface area contributed by atoms with Gasteiger partial charge in [0.1, 0.15) is 5.75 Å². The number of nitrogens with zero attached hydrogens (tertiary/aromatic N) is 3. The lowest BCUT2D eigenvalue weighted by Gasteiger charge is -2.30. The maximum Gasteiger partial charge on any atom is 0.246 e. The molecule has 5 nitrogen and oxygen atoms in total. The number of fused-ring (bicyclic) bond motifs is 1. The average molecular weight is 285 g/mol. The van der Waals surface area contributed by atoms with E-state index in [1.165, 1.54) is 24.1 Å². The van der Waals surface area contributed by atoms with Gasteiger partial charge in [0.2, 0.25) is 5.89 Å². The number of aromatic nitrogens is 2. The predicted molar refractivity (Wildman–Crippen MR) is 78.6 cm³/mol. The highest BCUT2D eigenvalue weighted by Crippen LogP contribution is 2.38. The van der Waals surface area contributed by atoms with Crippen LogP contribution in [-0.2, 0) is 13.0 Å². The predicted octanol–water partition coefficient (Wildman–Crippen LogP) is 2.91. The van der Waals surface area contributed by atoms with Gasteiger partial charge in [-0.25, -0.2) is 0 Å². The first kappa shape index (κ1) is 12.7. The fourth-order valence-electron chi connectivity index (χ4n) is 2.95. The van der Waals surface area contributed by atoms with Gasteiger partial charge in [-0.1, -0.05) is 5.16 Å². The van der Waals surface area contributed by atoms with Gasteiger partial charge in [-0.05, 0) is 49.4 Å². The van der Waals surface area contributed by atoms with Crippen molar-refractivity contribution in [2.75, 3.05) is 18.6 Å². The Morgan fingerprint density at radius 1 is 1.38 bits per heavy atom. The molecule has 0 radical (unpaired) electrons. The highest BCUT2D eigenvalue weighted by atomic mass is 16.5. The lowest BCUT2D eigenvalue weighted by atomic mass is 10.0. The van der Waals surface area contributed by atoms with Crippen LogP contribution in [-0.4, -0.2) is 23.8 Å². The van der Waals surface area contributed by atoms with Crippen LogP contribution in [0.25, 0.3) is 0 Å². The van der Waals surface area contributed by atoms with Gasteiger partial charge >= 0.3 is 0 Å². The van der Waals surface area contributed by atoms with Crippen LogP contribution in [0.2, 0.25) is 0 Å². The van der Waals surface area contributed by atoms with Gasteiger partial charge in [-0.15, -0.1) is 0 Å². The zero-order valence-corrected chi connectivity index (χ0v) is 12.2. The standard InChI is InChI=1S/C16H19N3O2/c1-20-13-6-7-14-12(9-13)3-2-8-19(14)10-15-17-16(18-21-15)11-4-5-11/h6-7,9,11H,2-5,8,10H2,1H3. The van der Waals surface area contributed by atoms with Crippen molar-refractivity contribution in [3.63, 3.8) is 0 Å². The summed E-state index contributed by atoms with van der Waals surface area (Å²) < 4.78 is 10.7. The van der Waals surface area contributed by atoms with E-state index in [1.54, 1.807) is 7.11 Å². The van der Waals surface area contributed by atoms with Crippen LogP contribution < -0.4 is 9.64 Å². The van der Waals surface area contributed by atoms with Gasteiger partial charge < -0.3 is 14.2 Å². The molecule has 0 saturated heterocycles. The number of ether oxygens (including phenoxy) is 1. The highest BCUT2D eigenvalue weighted by Gasteiger charge is 2.29. The largest absolute Gasteiger partial charge is 0.497 e. The fraction of sp³-hybridized carbons (Fsp3) is 0.500. The monoisotopic (exact) mass is 285 g/mol. The van der Waals surface area contributed by atoms with Crippen molar-refractivity contribution in [2.45, 2.75) is 38.1 Å². The van der Waals surface area contributed by atoms with E-state index in [0.29, 0.717) is 12.5 Å². The van der Waals surface area contributed by atoms with E-state index in [-0.39, 0.29) is 0 Å². The van der Waals surface area contributed by atoms with Crippen molar-refractivity contribution < 1.29 is 9.26 Å². The van der Waals surface area contributed by atoms with Crippen LogP contribution in [0.1, 0.15) is 42.5 Å². The Morgan fingerprint density at radius 3 is 3.10 bits per heavy atom. The van der Waals surface area contributed by atoms with E-state index in [9.17, 15) is 0 Å². The SMILES string of the molecule is COc1ccc2c(c1)CCCN2Cc1nc(C2CC2)no1. The summed E-state index contributed by atoms with van der Waals surface area (Å²) in [6.07, 6.45) is 4.64. The molecule has 1 fully saturated rings. The second-order valence-electron chi connectivity index (χ2n) is 5.84. The average Bonchev–Trinajstić information content (AvgIpc) is 3.27. The van der Waals surface area contributed by atoms with E-state index in [4.69, 9.17) is 9.26 Å². The summed E-state index contributed by atoms with van der Waals surface area (Å²) in [6, 6.07) is 6.27. The van der Waals surface area contributed by atoms with Crippen molar-refractivity contribution in [2.24, 2.45) is 0 Å². The molecule has 0 bridgehead atoms. The first-order valence-electron chi connectivity index (χ1n) is 7.58. The summed E-state index contributed by atoms with van der Waals surface area (Å²) in [5, 5.41) is 4.09. The molecule has 0 spiro atoms. The molecule has 1 saturated carbocycles. The van der Waals surface area contributed by atoms with E-state index >= 15 is 0 Å². The number of benzene rings is 1. The molecule has 21 heavy (non-hydrogen) atoms. The van der Waals surface area contributed by atoms with E-state index in [0.717, 1.165) is 36.9 Å². The number of aryl methyl sites for hydroxylation is 1. The molecule has 2 aliphatic rings. The maximum absolute atomic E-state index is 5.40. The number of rotatable bonds is 4. The summed E-state index contributed by atoms with van der Waals surface area (Å²) in [7, 11) is 1.71. The molecular formula is C16H19N3O2. The molecule has 1 aliphatic heterocycles. The lowest BCUT2D eigenvalue weighted by Crippen LogP contribution is -2.28. The minimum Gasteiger partial charge on any atom is -0.497 e. The van der Waals surface area contributed by atoms with Gasteiger partial charge in [0.15, 0.2) is 5.82 Å². The molecule has 2 aromatic rings. The second kappa shape index (κ2) is 5.06. The molecule has 0 unspecified atom stereocenters. The Hall–Kier alpha value is -2.04. The first-order chi connectivity index (χ1) is 10.3. The number of hydrogen-bond donors (Lipinski definition) is 0.